The van der Waals surface area contributed by atoms with Gasteiger partial charge in [-0.3, -0.25) is 9.00 Å². The minimum atomic E-state index is -0.960. The van der Waals surface area contributed by atoms with E-state index in [4.69, 9.17) is 5.73 Å². The molecule has 2 atom stereocenters. The molecule has 3 N–H and O–H groups in total. The molecule has 1 rings (SSSR count). The number of anilines is 1. The molecule has 1 aromatic carbocycles. The van der Waals surface area contributed by atoms with Gasteiger partial charge in [0.25, 0.3) is 0 Å². The van der Waals surface area contributed by atoms with Crippen molar-refractivity contribution in [3.63, 3.8) is 0 Å². The third kappa shape index (κ3) is 5.43. The Hall–Kier alpha value is -1.20. The quantitative estimate of drug-likeness (QED) is 0.810. The van der Waals surface area contributed by atoms with Gasteiger partial charge in [-0.05, 0) is 23.6 Å². The molecule has 0 spiro atoms. The molecule has 0 saturated carbocycles. The number of benzene rings is 1. The molecular formula is C15H24N2O2S. The van der Waals surface area contributed by atoms with Crippen LogP contribution in [0.4, 0.5) is 5.69 Å². The molecule has 4 nitrogen and oxygen atoms in total. The van der Waals surface area contributed by atoms with Gasteiger partial charge in [0.1, 0.15) is 0 Å². The van der Waals surface area contributed by atoms with Crippen LogP contribution in [0.1, 0.15) is 32.8 Å². The molecule has 0 saturated heterocycles. The topological polar surface area (TPSA) is 72.2 Å². The predicted octanol–water partition coefficient (Wildman–Crippen LogP) is 2.27. The van der Waals surface area contributed by atoms with Crippen molar-refractivity contribution in [3.05, 3.63) is 29.8 Å². The minimum Gasteiger partial charge on any atom is -0.326 e. The summed E-state index contributed by atoms with van der Waals surface area (Å²) in [5.74, 6) is 0.658. The SMILES string of the molecule is CC(C)C(C)S(=O)CCC(=O)Nc1cccc(CN)c1. The Morgan fingerprint density at radius 1 is 1.35 bits per heavy atom. The van der Waals surface area contributed by atoms with Gasteiger partial charge in [-0.15, -0.1) is 0 Å². The van der Waals surface area contributed by atoms with Crippen LogP contribution in [0.25, 0.3) is 0 Å². The van der Waals surface area contributed by atoms with Crippen LogP contribution in [-0.4, -0.2) is 21.1 Å². The van der Waals surface area contributed by atoms with E-state index in [1.165, 1.54) is 0 Å². The second kappa shape index (κ2) is 8.17. The van der Waals surface area contributed by atoms with Gasteiger partial charge in [0, 0.05) is 40.5 Å². The standard InChI is InChI=1S/C15H24N2O2S/c1-11(2)12(3)20(19)8-7-15(18)17-14-6-4-5-13(9-14)10-16/h4-6,9,11-12H,7-8,10,16H2,1-3H3,(H,17,18). The maximum atomic E-state index is 12.0. The summed E-state index contributed by atoms with van der Waals surface area (Å²) in [5, 5.41) is 2.93. The van der Waals surface area contributed by atoms with Gasteiger partial charge in [0.05, 0.1) is 0 Å². The Balaban J connectivity index is 2.46. The lowest BCUT2D eigenvalue weighted by molar-refractivity contribution is -0.115. The zero-order valence-corrected chi connectivity index (χ0v) is 13.2. The van der Waals surface area contributed by atoms with Gasteiger partial charge in [-0.2, -0.15) is 0 Å². The Morgan fingerprint density at radius 3 is 2.65 bits per heavy atom. The first kappa shape index (κ1) is 16.9. The number of carbonyl (C=O) groups excluding carboxylic acids is 1. The molecule has 1 aromatic rings. The molecule has 2 unspecified atom stereocenters. The summed E-state index contributed by atoms with van der Waals surface area (Å²) in [6.07, 6.45) is 0.274. The van der Waals surface area contributed by atoms with Crippen molar-refractivity contribution in [2.24, 2.45) is 11.7 Å². The highest BCUT2D eigenvalue weighted by Gasteiger charge is 2.16. The normalized spacial score (nSPS) is 14.1. The first-order valence-electron chi connectivity index (χ1n) is 6.90. The number of hydrogen-bond donors (Lipinski definition) is 2. The highest BCUT2D eigenvalue weighted by atomic mass is 32.2. The van der Waals surface area contributed by atoms with Gasteiger partial charge in [0.2, 0.25) is 5.91 Å². The van der Waals surface area contributed by atoms with Crippen LogP contribution in [0.2, 0.25) is 0 Å². The van der Waals surface area contributed by atoms with Crippen LogP contribution in [-0.2, 0) is 22.1 Å². The summed E-state index contributed by atoms with van der Waals surface area (Å²) in [4.78, 5) is 11.8. The van der Waals surface area contributed by atoms with Crippen molar-refractivity contribution in [1.29, 1.82) is 0 Å². The summed E-state index contributed by atoms with van der Waals surface area (Å²) in [5.41, 5.74) is 7.27. The van der Waals surface area contributed by atoms with Gasteiger partial charge in [-0.25, -0.2) is 0 Å². The zero-order valence-electron chi connectivity index (χ0n) is 12.4. The van der Waals surface area contributed by atoms with Crippen molar-refractivity contribution in [2.75, 3.05) is 11.1 Å². The van der Waals surface area contributed by atoms with Gasteiger partial charge in [0.15, 0.2) is 0 Å². The number of hydrogen-bond acceptors (Lipinski definition) is 3. The van der Waals surface area contributed by atoms with Crippen molar-refractivity contribution in [1.82, 2.24) is 0 Å². The lowest BCUT2D eigenvalue weighted by atomic mass is 10.2. The monoisotopic (exact) mass is 296 g/mol. The third-order valence-corrected chi connectivity index (χ3v) is 5.31. The van der Waals surface area contributed by atoms with Crippen LogP contribution in [0, 0.1) is 5.92 Å². The molecule has 0 aliphatic rings. The van der Waals surface area contributed by atoms with E-state index < -0.39 is 10.8 Å². The predicted molar refractivity (Wildman–Crippen MR) is 84.9 cm³/mol. The van der Waals surface area contributed by atoms with Crippen LogP contribution in [0.3, 0.4) is 0 Å². The first-order valence-corrected chi connectivity index (χ1v) is 8.28. The summed E-state index contributed by atoms with van der Waals surface area (Å²) in [7, 11) is -0.960. The second-order valence-electron chi connectivity index (χ2n) is 5.24. The fourth-order valence-corrected chi connectivity index (χ4v) is 3.05. The number of carbonyl (C=O) groups is 1. The molecule has 0 aromatic heterocycles. The summed E-state index contributed by atoms with van der Waals surface area (Å²) >= 11 is 0. The maximum Gasteiger partial charge on any atom is 0.225 e. The fourth-order valence-electron chi connectivity index (χ4n) is 1.68. The average Bonchev–Trinajstić information content (AvgIpc) is 2.43. The lowest BCUT2D eigenvalue weighted by Gasteiger charge is -2.14. The minimum absolute atomic E-state index is 0.108. The van der Waals surface area contributed by atoms with Crippen LogP contribution >= 0.6 is 0 Å². The summed E-state index contributed by atoms with van der Waals surface area (Å²) in [6, 6.07) is 7.45. The molecule has 0 aliphatic heterocycles. The number of nitrogens with one attached hydrogen (secondary N) is 1. The molecule has 0 heterocycles. The number of rotatable bonds is 7. The van der Waals surface area contributed by atoms with Crippen LogP contribution in [0.5, 0.6) is 0 Å². The fraction of sp³-hybridized carbons (Fsp3) is 0.533. The van der Waals surface area contributed by atoms with E-state index in [1.54, 1.807) is 0 Å². The van der Waals surface area contributed by atoms with E-state index in [9.17, 15) is 9.00 Å². The molecule has 112 valence electrons. The molecule has 0 aliphatic carbocycles. The average molecular weight is 296 g/mol. The molecule has 1 amide bonds. The Labute approximate surface area is 123 Å². The number of amides is 1. The Bertz CT molecular complexity index is 475. The highest BCUT2D eigenvalue weighted by Crippen LogP contribution is 2.12. The molecule has 20 heavy (non-hydrogen) atoms. The lowest BCUT2D eigenvalue weighted by Crippen LogP contribution is -2.23. The van der Waals surface area contributed by atoms with E-state index in [0.29, 0.717) is 18.2 Å². The maximum absolute atomic E-state index is 12.0. The van der Waals surface area contributed by atoms with Gasteiger partial charge >= 0.3 is 0 Å². The van der Waals surface area contributed by atoms with Crippen molar-refractivity contribution < 1.29 is 9.00 Å². The smallest absolute Gasteiger partial charge is 0.225 e. The van der Waals surface area contributed by atoms with Crippen molar-refractivity contribution >= 4 is 22.4 Å². The van der Waals surface area contributed by atoms with E-state index in [1.807, 2.05) is 45.0 Å². The van der Waals surface area contributed by atoms with Crippen LogP contribution in [0.15, 0.2) is 24.3 Å². The van der Waals surface area contributed by atoms with Gasteiger partial charge < -0.3 is 11.1 Å². The summed E-state index contributed by atoms with van der Waals surface area (Å²) in [6.45, 7) is 6.49. The van der Waals surface area contributed by atoms with E-state index in [-0.39, 0.29) is 17.6 Å². The highest BCUT2D eigenvalue weighted by molar-refractivity contribution is 7.85. The van der Waals surface area contributed by atoms with E-state index in [0.717, 1.165) is 11.3 Å². The third-order valence-electron chi connectivity index (χ3n) is 3.33. The zero-order chi connectivity index (χ0) is 15.1. The van der Waals surface area contributed by atoms with E-state index >= 15 is 0 Å². The number of nitrogens with two attached hydrogens (primary N) is 1. The molecule has 0 fully saturated rings. The molecular weight excluding hydrogens is 272 g/mol. The van der Waals surface area contributed by atoms with Crippen molar-refractivity contribution in [2.45, 2.75) is 39.0 Å². The van der Waals surface area contributed by atoms with Crippen LogP contribution < -0.4 is 11.1 Å². The second-order valence-corrected chi connectivity index (χ2v) is 7.15. The summed E-state index contributed by atoms with van der Waals surface area (Å²) < 4.78 is 12.0. The van der Waals surface area contributed by atoms with E-state index in [2.05, 4.69) is 5.32 Å². The Kier molecular flexibility index (Phi) is 6.88. The van der Waals surface area contributed by atoms with Crippen molar-refractivity contribution in [3.8, 4) is 0 Å². The largest absolute Gasteiger partial charge is 0.326 e. The molecule has 0 bridgehead atoms. The Morgan fingerprint density at radius 2 is 2.05 bits per heavy atom. The molecule has 5 heteroatoms. The molecule has 0 radical (unpaired) electrons. The van der Waals surface area contributed by atoms with Gasteiger partial charge in [-0.1, -0.05) is 32.9 Å². The first-order chi connectivity index (χ1) is 9.43.